The summed E-state index contributed by atoms with van der Waals surface area (Å²) in [6.07, 6.45) is 16.2. The lowest BCUT2D eigenvalue weighted by molar-refractivity contribution is -0.144. The normalized spacial score (nSPS) is 32.1. The Kier molecular flexibility index (Phi) is 8.29. The van der Waals surface area contributed by atoms with Crippen LogP contribution >= 0.6 is 0 Å². The number of unbranched alkanes of at least 4 members (excludes halogenated alkanes) is 1. The van der Waals surface area contributed by atoms with Crippen molar-refractivity contribution in [1.29, 1.82) is 0 Å². The van der Waals surface area contributed by atoms with E-state index in [9.17, 15) is 13.6 Å². The first kappa shape index (κ1) is 24.5. The van der Waals surface area contributed by atoms with Crippen LogP contribution < -0.4 is 9.47 Å². The Morgan fingerprint density at radius 3 is 2.30 bits per heavy atom. The molecule has 3 aliphatic rings. The van der Waals surface area contributed by atoms with Gasteiger partial charge in [-0.1, -0.05) is 51.9 Å². The van der Waals surface area contributed by atoms with Crippen LogP contribution in [0.5, 0.6) is 11.5 Å². The number of methoxy groups -OCH3 is 1. The average Bonchev–Trinajstić information content (AvgIpc) is 2.82. The zero-order valence-electron chi connectivity index (χ0n) is 20.3. The predicted molar refractivity (Wildman–Crippen MR) is 125 cm³/mol. The van der Waals surface area contributed by atoms with Gasteiger partial charge < -0.3 is 9.47 Å². The van der Waals surface area contributed by atoms with E-state index in [1.165, 1.54) is 71.3 Å². The third kappa shape index (κ3) is 5.71. The number of hydrogen-bond acceptors (Lipinski definition) is 3. The minimum Gasteiger partial charge on any atom is -0.491 e. The zero-order chi connectivity index (χ0) is 23.4. The van der Waals surface area contributed by atoms with Crippen molar-refractivity contribution in [2.24, 2.45) is 35.5 Å². The van der Waals surface area contributed by atoms with Crippen LogP contribution in [0.25, 0.3) is 0 Å². The van der Waals surface area contributed by atoms with Crippen molar-refractivity contribution in [3.63, 3.8) is 0 Å². The van der Waals surface area contributed by atoms with Crippen LogP contribution in [-0.2, 0) is 4.79 Å². The van der Waals surface area contributed by atoms with Crippen LogP contribution in [0.1, 0.15) is 90.4 Å². The van der Waals surface area contributed by atoms with Crippen LogP contribution in [0.15, 0.2) is 12.1 Å². The van der Waals surface area contributed by atoms with Crippen LogP contribution in [0.3, 0.4) is 0 Å². The summed E-state index contributed by atoms with van der Waals surface area (Å²) in [5.41, 5.74) is 0. The van der Waals surface area contributed by atoms with E-state index in [1.807, 2.05) is 0 Å². The van der Waals surface area contributed by atoms with Gasteiger partial charge in [-0.05, 0) is 68.1 Å². The van der Waals surface area contributed by atoms with Crippen LogP contribution in [0.4, 0.5) is 8.78 Å². The molecule has 3 fully saturated rings. The van der Waals surface area contributed by atoms with Gasteiger partial charge in [0.25, 0.3) is 0 Å². The highest BCUT2D eigenvalue weighted by Gasteiger charge is 2.43. The Hall–Kier alpha value is -1.65. The molecule has 1 aromatic carbocycles. The lowest BCUT2D eigenvalue weighted by atomic mass is 9.59. The van der Waals surface area contributed by atoms with E-state index in [2.05, 4.69) is 6.92 Å². The number of fused-ring (bicyclic) bond motifs is 1. The molecule has 0 N–H and O–H groups in total. The molecular formula is C28H40F2O3. The Labute approximate surface area is 197 Å². The highest BCUT2D eigenvalue weighted by atomic mass is 19.1. The maximum absolute atomic E-state index is 14.0. The van der Waals surface area contributed by atoms with E-state index < -0.39 is 17.4 Å². The average molecular weight is 463 g/mol. The molecule has 3 aliphatic carbocycles. The standard InChI is InChI=1S/C28H40F2O3/c1-3-4-6-18-9-11-19(12-10-18)20-13-14-23-21(15-20)7-5-8-24(23)28(31)33-22-16-25(29)27(32-2)26(30)17-22/h16-21,23-24H,3-15H2,1-2H3. The first-order valence-electron chi connectivity index (χ1n) is 13.2. The Morgan fingerprint density at radius 2 is 1.64 bits per heavy atom. The molecule has 0 spiro atoms. The molecule has 0 heterocycles. The molecule has 0 saturated heterocycles. The molecule has 4 atom stereocenters. The van der Waals surface area contributed by atoms with Crippen LogP contribution in [0, 0.1) is 47.1 Å². The van der Waals surface area contributed by atoms with E-state index in [0.717, 1.165) is 49.1 Å². The van der Waals surface area contributed by atoms with E-state index in [1.54, 1.807) is 0 Å². The minimum absolute atomic E-state index is 0.0774. The predicted octanol–water partition coefficient (Wildman–Crippen LogP) is 7.71. The van der Waals surface area contributed by atoms with E-state index in [4.69, 9.17) is 9.47 Å². The molecule has 4 unspecified atom stereocenters. The van der Waals surface area contributed by atoms with Gasteiger partial charge in [0.05, 0.1) is 13.0 Å². The van der Waals surface area contributed by atoms with Crippen molar-refractivity contribution < 1.29 is 23.0 Å². The number of ether oxygens (including phenoxy) is 2. The lowest BCUT2D eigenvalue weighted by Gasteiger charge is -2.46. The molecule has 1 aromatic rings. The van der Waals surface area contributed by atoms with Crippen LogP contribution in [0.2, 0.25) is 0 Å². The second kappa shape index (κ2) is 11.2. The van der Waals surface area contributed by atoms with E-state index >= 15 is 0 Å². The second-order valence-electron chi connectivity index (χ2n) is 10.8. The third-order valence-corrected chi connectivity index (χ3v) is 8.91. The molecule has 0 bridgehead atoms. The summed E-state index contributed by atoms with van der Waals surface area (Å²) < 4.78 is 38.2. The van der Waals surface area contributed by atoms with Crippen molar-refractivity contribution in [1.82, 2.24) is 0 Å². The Balaban J connectivity index is 1.33. The maximum atomic E-state index is 14.0. The van der Waals surface area contributed by atoms with Gasteiger partial charge >= 0.3 is 5.97 Å². The topological polar surface area (TPSA) is 35.5 Å². The summed E-state index contributed by atoms with van der Waals surface area (Å²) in [7, 11) is 1.21. The molecule has 0 radical (unpaired) electrons. The maximum Gasteiger partial charge on any atom is 0.314 e. The quantitative estimate of drug-likeness (QED) is 0.307. The van der Waals surface area contributed by atoms with Crippen molar-refractivity contribution in [3.8, 4) is 11.5 Å². The number of rotatable bonds is 7. The number of halogens is 2. The lowest BCUT2D eigenvalue weighted by Crippen LogP contribution is -2.40. The summed E-state index contributed by atoms with van der Waals surface area (Å²) >= 11 is 0. The van der Waals surface area contributed by atoms with Gasteiger partial charge in [-0.25, -0.2) is 8.78 Å². The van der Waals surface area contributed by atoms with Gasteiger partial charge in [0.2, 0.25) is 0 Å². The minimum atomic E-state index is -0.855. The van der Waals surface area contributed by atoms with Gasteiger partial charge in [-0.3, -0.25) is 4.79 Å². The van der Waals surface area contributed by atoms with E-state index in [-0.39, 0.29) is 17.6 Å². The fraction of sp³-hybridized carbons (Fsp3) is 0.750. The largest absolute Gasteiger partial charge is 0.491 e. The summed E-state index contributed by atoms with van der Waals surface area (Å²) in [5, 5.41) is 0. The summed E-state index contributed by atoms with van der Waals surface area (Å²) in [6, 6.07) is 2.07. The van der Waals surface area contributed by atoms with Crippen molar-refractivity contribution in [3.05, 3.63) is 23.8 Å². The van der Waals surface area contributed by atoms with Gasteiger partial charge in [0, 0.05) is 12.1 Å². The molecular weight excluding hydrogens is 422 g/mol. The molecule has 3 saturated carbocycles. The first-order chi connectivity index (χ1) is 16.0. The molecule has 0 aromatic heterocycles. The van der Waals surface area contributed by atoms with Crippen LogP contribution in [-0.4, -0.2) is 13.1 Å². The summed E-state index contributed by atoms with van der Waals surface area (Å²) in [4.78, 5) is 13.0. The highest BCUT2D eigenvalue weighted by Crippen LogP contribution is 2.50. The SMILES string of the molecule is CCCCC1CCC(C2CCC3C(CCCC3C(=O)Oc3cc(F)c(OC)c(F)c3)C2)CC1. The molecule has 4 rings (SSSR count). The van der Waals surface area contributed by atoms with Gasteiger partial charge in [-0.2, -0.15) is 0 Å². The zero-order valence-corrected chi connectivity index (χ0v) is 20.3. The molecule has 0 amide bonds. The van der Waals surface area contributed by atoms with Crippen molar-refractivity contribution in [2.75, 3.05) is 7.11 Å². The molecule has 3 nitrogen and oxygen atoms in total. The second-order valence-corrected chi connectivity index (χ2v) is 10.8. The summed E-state index contributed by atoms with van der Waals surface area (Å²) in [5.74, 6) is 0.799. The van der Waals surface area contributed by atoms with Gasteiger partial charge in [0.1, 0.15) is 5.75 Å². The Bertz CT molecular complexity index is 779. The number of esters is 1. The Morgan fingerprint density at radius 1 is 0.939 bits per heavy atom. The third-order valence-electron chi connectivity index (χ3n) is 8.91. The molecule has 5 heteroatoms. The smallest absolute Gasteiger partial charge is 0.314 e. The monoisotopic (exact) mass is 462 g/mol. The highest BCUT2D eigenvalue weighted by molar-refractivity contribution is 5.75. The fourth-order valence-electron chi connectivity index (χ4n) is 7.14. The fourth-order valence-corrected chi connectivity index (χ4v) is 7.14. The van der Waals surface area contributed by atoms with Gasteiger partial charge in [-0.15, -0.1) is 0 Å². The molecule has 33 heavy (non-hydrogen) atoms. The number of hydrogen-bond donors (Lipinski definition) is 0. The van der Waals surface area contributed by atoms with Gasteiger partial charge in [0.15, 0.2) is 17.4 Å². The molecule has 184 valence electrons. The number of carbonyl (C=O) groups excluding carboxylic acids is 1. The van der Waals surface area contributed by atoms with Crippen molar-refractivity contribution in [2.45, 2.75) is 90.4 Å². The molecule has 0 aliphatic heterocycles. The summed E-state index contributed by atoms with van der Waals surface area (Å²) in [6.45, 7) is 2.28. The first-order valence-corrected chi connectivity index (χ1v) is 13.2. The number of carbonyl (C=O) groups is 1. The number of benzene rings is 1. The van der Waals surface area contributed by atoms with Crippen molar-refractivity contribution >= 4 is 5.97 Å². The van der Waals surface area contributed by atoms with E-state index in [0.29, 0.717) is 11.8 Å².